The zero-order valence-electron chi connectivity index (χ0n) is 21.5. The SMILES string of the molecule is COC1C=CC=C(C)C1CN1CC(NC(=O)C2CC/C=N\N=C(/c3ccnc(C)c3)CC2)CCC1=O. The number of hydrogen-bond acceptors (Lipinski definition) is 6. The van der Waals surface area contributed by atoms with Crippen LogP contribution in [0.5, 0.6) is 0 Å². The quantitative estimate of drug-likeness (QED) is 0.658. The van der Waals surface area contributed by atoms with Crippen molar-refractivity contribution in [3.8, 4) is 0 Å². The molecule has 2 amide bonds. The van der Waals surface area contributed by atoms with Gasteiger partial charge in [0.05, 0.1) is 11.8 Å². The van der Waals surface area contributed by atoms with E-state index >= 15 is 0 Å². The molecule has 192 valence electrons. The molecule has 8 heteroatoms. The molecule has 1 fully saturated rings. The van der Waals surface area contributed by atoms with Crippen molar-refractivity contribution < 1.29 is 14.3 Å². The molecular formula is C28H37N5O3. The van der Waals surface area contributed by atoms with Gasteiger partial charge in [0.1, 0.15) is 0 Å². The second kappa shape index (κ2) is 12.2. The number of ether oxygens (including phenoxy) is 1. The van der Waals surface area contributed by atoms with E-state index in [1.54, 1.807) is 19.5 Å². The molecule has 2 aliphatic heterocycles. The number of carbonyl (C=O) groups is 2. The number of aromatic nitrogens is 1. The Morgan fingerprint density at radius 2 is 2.08 bits per heavy atom. The Labute approximate surface area is 213 Å². The molecule has 0 saturated carbocycles. The third kappa shape index (κ3) is 6.55. The first kappa shape index (κ1) is 25.9. The molecule has 4 rings (SSSR count). The van der Waals surface area contributed by atoms with E-state index in [2.05, 4.69) is 33.5 Å². The van der Waals surface area contributed by atoms with Crippen molar-refractivity contribution in [1.82, 2.24) is 15.2 Å². The van der Waals surface area contributed by atoms with Crippen molar-refractivity contribution in [3.05, 3.63) is 53.4 Å². The van der Waals surface area contributed by atoms with Gasteiger partial charge < -0.3 is 15.0 Å². The Balaban J connectivity index is 1.36. The number of methoxy groups -OCH3 is 1. The fourth-order valence-corrected chi connectivity index (χ4v) is 5.23. The first-order valence-electron chi connectivity index (χ1n) is 12.9. The van der Waals surface area contributed by atoms with Crippen molar-refractivity contribution in [2.45, 2.75) is 64.5 Å². The van der Waals surface area contributed by atoms with Crippen molar-refractivity contribution in [2.24, 2.45) is 22.0 Å². The predicted molar refractivity (Wildman–Crippen MR) is 141 cm³/mol. The van der Waals surface area contributed by atoms with Gasteiger partial charge in [0.2, 0.25) is 11.8 Å². The van der Waals surface area contributed by atoms with Gasteiger partial charge in [-0.3, -0.25) is 14.6 Å². The number of likely N-dealkylation sites (tertiary alicyclic amines) is 1. The van der Waals surface area contributed by atoms with Crippen LogP contribution in [0.2, 0.25) is 0 Å². The summed E-state index contributed by atoms with van der Waals surface area (Å²) in [6.45, 7) is 5.17. The molecule has 0 spiro atoms. The zero-order chi connectivity index (χ0) is 25.5. The molecule has 8 nitrogen and oxygen atoms in total. The van der Waals surface area contributed by atoms with Gasteiger partial charge in [0.25, 0.3) is 0 Å². The van der Waals surface area contributed by atoms with Crippen LogP contribution in [0.3, 0.4) is 0 Å². The molecule has 4 unspecified atom stereocenters. The molecule has 3 aliphatic rings. The third-order valence-corrected chi connectivity index (χ3v) is 7.41. The molecule has 1 saturated heterocycles. The fraction of sp³-hybridized carbons (Fsp3) is 0.536. The van der Waals surface area contributed by atoms with Gasteiger partial charge in [-0.25, -0.2) is 0 Å². The van der Waals surface area contributed by atoms with Crippen LogP contribution in [0, 0.1) is 18.8 Å². The van der Waals surface area contributed by atoms with Gasteiger partial charge in [-0.2, -0.15) is 10.2 Å². The lowest BCUT2D eigenvalue weighted by Crippen LogP contribution is -2.53. The first-order valence-corrected chi connectivity index (χ1v) is 12.9. The number of amides is 2. The smallest absolute Gasteiger partial charge is 0.223 e. The highest BCUT2D eigenvalue weighted by molar-refractivity contribution is 6.01. The van der Waals surface area contributed by atoms with Crippen molar-refractivity contribution in [1.29, 1.82) is 0 Å². The van der Waals surface area contributed by atoms with Crippen LogP contribution in [0.4, 0.5) is 0 Å². The maximum atomic E-state index is 13.3. The molecule has 1 aromatic heterocycles. The number of pyridine rings is 1. The molecule has 1 N–H and O–H groups in total. The van der Waals surface area contributed by atoms with Gasteiger partial charge in [-0.1, -0.05) is 23.8 Å². The highest BCUT2D eigenvalue weighted by atomic mass is 16.5. The molecule has 0 aromatic carbocycles. The van der Waals surface area contributed by atoms with Crippen LogP contribution in [-0.2, 0) is 14.3 Å². The minimum absolute atomic E-state index is 0.0432. The summed E-state index contributed by atoms with van der Waals surface area (Å²) in [5, 5.41) is 11.9. The van der Waals surface area contributed by atoms with E-state index in [1.165, 1.54) is 5.57 Å². The summed E-state index contributed by atoms with van der Waals surface area (Å²) < 4.78 is 5.64. The second-order valence-electron chi connectivity index (χ2n) is 9.99. The van der Waals surface area contributed by atoms with Gasteiger partial charge in [-0.05, 0) is 58.1 Å². The Hall–Kier alpha value is -3.13. The molecule has 0 radical (unpaired) electrons. The van der Waals surface area contributed by atoms with E-state index < -0.39 is 0 Å². The minimum Gasteiger partial charge on any atom is -0.377 e. The Bertz CT molecular complexity index is 1080. The zero-order valence-corrected chi connectivity index (χ0v) is 21.5. The highest BCUT2D eigenvalue weighted by Gasteiger charge is 2.33. The lowest BCUT2D eigenvalue weighted by molar-refractivity contribution is -0.137. The summed E-state index contributed by atoms with van der Waals surface area (Å²) in [7, 11) is 1.70. The van der Waals surface area contributed by atoms with Crippen LogP contribution in [0.1, 0.15) is 56.7 Å². The summed E-state index contributed by atoms with van der Waals surface area (Å²) in [4.78, 5) is 32.2. The largest absolute Gasteiger partial charge is 0.377 e. The van der Waals surface area contributed by atoms with Gasteiger partial charge >= 0.3 is 0 Å². The number of allylic oxidation sites excluding steroid dienone is 2. The lowest BCUT2D eigenvalue weighted by Gasteiger charge is -2.38. The van der Waals surface area contributed by atoms with Crippen molar-refractivity contribution in [2.75, 3.05) is 20.2 Å². The average Bonchev–Trinajstić information content (AvgIpc) is 2.99. The molecule has 0 bridgehead atoms. The average molecular weight is 492 g/mol. The third-order valence-electron chi connectivity index (χ3n) is 7.41. The van der Waals surface area contributed by atoms with Gasteiger partial charge in [-0.15, -0.1) is 0 Å². The Kier molecular flexibility index (Phi) is 8.80. The standard InChI is InChI=1S/C28H37N5O3/c1-19-6-4-8-26(36-3)24(19)18-33-17-23(10-12-27(33)34)31-28(35)21-7-5-14-30-32-25(11-9-21)22-13-15-29-20(2)16-22/h4,6,8,13-16,21,23-24,26H,5,7,9-12,17-18H2,1-3H3,(H,31,35)/b30-14-,32-25-. The van der Waals surface area contributed by atoms with Crippen LogP contribution in [0.25, 0.3) is 0 Å². The summed E-state index contributed by atoms with van der Waals surface area (Å²) >= 11 is 0. The number of nitrogens with one attached hydrogen (secondary N) is 1. The number of nitrogens with zero attached hydrogens (tertiary/aromatic N) is 4. The maximum absolute atomic E-state index is 13.3. The van der Waals surface area contributed by atoms with Crippen LogP contribution >= 0.6 is 0 Å². The summed E-state index contributed by atoms with van der Waals surface area (Å²) in [5.74, 6) is 0.202. The maximum Gasteiger partial charge on any atom is 0.223 e. The number of rotatable bonds is 6. The number of carbonyl (C=O) groups excluding carboxylic acids is 2. The van der Waals surface area contributed by atoms with E-state index in [0.29, 0.717) is 45.2 Å². The van der Waals surface area contributed by atoms with Crippen molar-refractivity contribution in [3.63, 3.8) is 0 Å². The van der Waals surface area contributed by atoms with E-state index in [4.69, 9.17) is 4.74 Å². The molecule has 4 atom stereocenters. The second-order valence-corrected chi connectivity index (χ2v) is 9.99. The Morgan fingerprint density at radius 1 is 1.22 bits per heavy atom. The number of piperidine rings is 1. The molecular weight excluding hydrogens is 454 g/mol. The van der Waals surface area contributed by atoms with Crippen LogP contribution < -0.4 is 5.32 Å². The van der Waals surface area contributed by atoms with Crippen molar-refractivity contribution >= 4 is 23.7 Å². The highest BCUT2D eigenvalue weighted by Crippen LogP contribution is 2.26. The van der Waals surface area contributed by atoms with E-state index in [1.807, 2.05) is 36.1 Å². The van der Waals surface area contributed by atoms with Crippen LogP contribution in [0.15, 0.2) is 52.3 Å². The predicted octanol–water partition coefficient (Wildman–Crippen LogP) is 3.61. The molecule has 1 aromatic rings. The monoisotopic (exact) mass is 491 g/mol. The molecule has 1 aliphatic carbocycles. The molecule has 36 heavy (non-hydrogen) atoms. The van der Waals surface area contributed by atoms with E-state index in [0.717, 1.165) is 23.4 Å². The Morgan fingerprint density at radius 3 is 2.89 bits per heavy atom. The first-order chi connectivity index (χ1) is 17.4. The summed E-state index contributed by atoms with van der Waals surface area (Å²) in [5.41, 5.74) is 4.01. The topological polar surface area (TPSA) is 96.2 Å². The van der Waals surface area contributed by atoms with Gasteiger partial charge in [0.15, 0.2) is 0 Å². The van der Waals surface area contributed by atoms with E-state index in [-0.39, 0.29) is 35.8 Å². The van der Waals surface area contributed by atoms with E-state index in [9.17, 15) is 9.59 Å². The summed E-state index contributed by atoms with van der Waals surface area (Å²) in [6, 6.07) is 3.90. The van der Waals surface area contributed by atoms with Crippen LogP contribution in [-0.4, -0.2) is 66.0 Å². The summed E-state index contributed by atoms with van der Waals surface area (Å²) in [6.07, 6.45) is 13.6. The van der Waals surface area contributed by atoms with Gasteiger partial charge in [0, 0.05) is 68.2 Å². The fourth-order valence-electron chi connectivity index (χ4n) is 5.23. The number of aryl methyl sites for hydroxylation is 1. The molecule has 3 heterocycles. The lowest BCUT2D eigenvalue weighted by atomic mass is 9.88. The normalized spacial score (nSPS) is 29.3. The number of hydrogen-bond donors (Lipinski definition) is 1. The minimum atomic E-state index is -0.125.